The summed E-state index contributed by atoms with van der Waals surface area (Å²) in [5.41, 5.74) is 1.11. The minimum absolute atomic E-state index is 0.449. The molecule has 0 saturated heterocycles. The fourth-order valence-corrected chi connectivity index (χ4v) is 1.97. The summed E-state index contributed by atoms with van der Waals surface area (Å²) in [5, 5.41) is 1.09. The first-order chi connectivity index (χ1) is 5.79. The molecule has 62 valence electrons. The molecule has 0 atom stereocenters. The number of rotatable bonds is 1. The molecule has 2 aromatic heterocycles. The van der Waals surface area contributed by atoms with Crippen molar-refractivity contribution in [2.45, 2.75) is 19.8 Å². The second-order valence-corrected chi connectivity index (χ2v) is 3.72. The SMILES string of the molecule is CC(C)c1nsc2ncncc12. The van der Waals surface area contributed by atoms with Crippen LogP contribution in [-0.4, -0.2) is 14.3 Å². The van der Waals surface area contributed by atoms with Gasteiger partial charge >= 0.3 is 0 Å². The molecule has 0 radical (unpaired) electrons. The quantitative estimate of drug-likeness (QED) is 0.673. The van der Waals surface area contributed by atoms with Crippen molar-refractivity contribution >= 4 is 21.7 Å². The van der Waals surface area contributed by atoms with E-state index >= 15 is 0 Å². The van der Waals surface area contributed by atoms with E-state index in [2.05, 4.69) is 28.2 Å². The Labute approximate surface area is 74.6 Å². The molecule has 0 unspecified atom stereocenters. The van der Waals surface area contributed by atoms with Crippen LogP contribution in [0.3, 0.4) is 0 Å². The molecule has 0 fully saturated rings. The minimum atomic E-state index is 0.449. The van der Waals surface area contributed by atoms with Gasteiger partial charge in [0.25, 0.3) is 0 Å². The van der Waals surface area contributed by atoms with Crippen molar-refractivity contribution in [3.63, 3.8) is 0 Å². The molecule has 0 aliphatic heterocycles. The van der Waals surface area contributed by atoms with Crippen LogP contribution < -0.4 is 0 Å². The lowest BCUT2D eigenvalue weighted by molar-refractivity contribution is 0.849. The maximum atomic E-state index is 4.33. The van der Waals surface area contributed by atoms with Crippen LogP contribution in [0.2, 0.25) is 0 Å². The van der Waals surface area contributed by atoms with Crippen LogP contribution in [0.4, 0.5) is 0 Å². The van der Waals surface area contributed by atoms with Gasteiger partial charge in [-0.25, -0.2) is 9.97 Å². The maximum Gasteiger partial charge on any atom is 0.147 e. The normalized spacial score (nSPS) is 11.2. The molecule has 0 aliphatic rings. The Hall–Kier alpha value is -1.03. The van der Waals surface area contributed by atoms with Crippen molar-refractivity contribution in [2.24, 2.45) is 0 Å². The van der Waals surface area contributed by atoms with E-state index in [1.54, 1.807) is 6.33 Å². The third-order valence-electron chi connectivity index (χ3n) is 1.73. The Morgan fingerprint density at radius 3 is 3.00 bits per heavy atom. The average Bonchev–Trinajstić information content (AvgIpc) is 2.47. The monoisotopic (exact) mass is 179 g/mol. The number of nitrogens with zero attached hydrogens (tertiary/aromatic N) is 3. The lowest BCUT2D eigenvalue weighted by Crippen LogP contribution is -1.87. The van der Waals surface area contributed by atoms with E-state index < -0.39 is 0 Å². The Kier molecular flexibility index (Phi) is 1.77. The van der Waals surface area contributed by atoms with Crippen molar-refractivity contribution in [3.05, 3.63) is 18.2 Å². The van der Waals surface area contributed by atoms with Gasteiger partial charge in [-0.05, 0) is 17.5 Å². The van der Waals surface area contributed by atoms with Gasteiger partial charge in [0.15, 0.2) is 0 Å². The molecular formula is C8H9N3S. The van der Waals surface area contributed by atoms with Gasteiger partial charge in [-0.15, -0.1) is 0 Å². The molecule has 12 heavy (non-hydrogen) atoms. The molecule has 0 saturated carbocycles. The number of aromatic nitrogens is 3. The Bertz CT molecular complexity index is 394. The van der Waals surface area contributed by atoms with Gasteiger partial charge in [0, 0.05) is 6.20 Å². The molecule has 4 heteroatoms. The molecule has 0 aliphatic carbocycles. The van der Waals surface area contributed by atoms with Gasteiger partial charge in [-0.3, -0.25) is 0 Å². The molecule has 3 nitrogen and oxygen atoms in total. The topological polar surface area (TPSA) is 38.7 Å². The predicted octanol–water partition coefficient (Wildman–Crippen LogP) is 2.21. The minimum Gasteiger partial charge on any atom is -0.244 e. The van der Waals surface area contributed by atoms with Crippen LogP contribution in [0, 0.1) is 0 Å². The van der Waals surface area contributed by atoms with Gasteiger partial charge in [0.2, 0.25) is 0 Å². The molecule has 0 aromatic carbocycles. The van der Waals surface area contributed by atoms with Crippen molar-refractivity contribution in [1.29, 1.82) is 0 Å². The summed E-state index contributed by atoms with van der Waals surface area (Å²) in [4.78, 5) is 9.09. The first-order valence-electron chi connectivity index (χ1n) is 3.84. The zero-order chi connectivity index (χ0) is 8.55. The van der Waals surface area contributed by atoms with Crippen LogP contribution in [0.25, 0.3) is 10.2 Å². The molecule has 0 spiro atoms. The third kappa shape index (κ3) is 1.08. The van der Waals surface area contributed by atoms with Crippen LogP contribution in [-0.2, 0) is 0 Å². The van der Waals surface area contributed by atoms with Gasteiger partial charge in [-0.2, -0.15) is 4.37 Å². The number of hydrogen-bond acceptors (Lipinski definition) is 4. The maximum absolute atomic E-state index is 4.33. The highest BCUT2D eigenvalue weighted by Crippen LogP contribution is 2.24. The summed E-state index contributed by atoms with van der Waals surface area (Å²) in [7, 11) is 0. The zero-order valence-corrected chi connectivity index (χ0v) is 7.80. The van der Waals surface area contributed by atoms with Crippen molar-refractivity contribution in [1.82, 2.24) is 14.3 Å². The van der Waals surface area contributed by atoms with Gasteiger partial charge in [0.1, 0.15) is 11.2 Å². The largest absolute Gasteiger partial charge is 0.244 e. The summed E-state index contributed by atoms with van der Waals surface area (Å²) in [6, 6.07) is 0. The molecule has 2 aromatic rings. The fraction of sp³-hybridized carbons (Fsp3) is 0.375. The van der Waals surface area contributed by atoms with Crippen LogP contribution >= 0.6 is 11.5 Å². The van der Waals surface area contributed by atoms with Gasteiger partial charge in [-0.1, -0.05) is 13.8 Å². The van der Waals surface area contributed by atoms with E-state index in [1.807, 2.05) is 6.20 Å². The predicted molar refractivity (Wildman–Crippen MR) is 49.3 cm³/mol. The summed E-state index contributed by atoms with van der Waals surface area (Å²) in [5.74, 6) is 0.449. The number of hydrogen-bond donors (Lipinski definition) is 0. The van der Waals surface area contributed by atoms with Gasteiger partial charge in [0.05, 0.1) is 11.1 Å². The first kappa shape index (κ1) is 7.61. The van der Waals surface area contributed by atoms with Crippen molar-refractivity contribution in [3.8, 4) is 0 Å². The van der Waals surface area contributed by atoms with Crippen LogP contribution in [0.15, 0.2) is 12.5 Å². The zero-order valence-electron chi connectivity index (χ0n) is 6.98. The van der Waals surface area contributed by atoms with E-state index in [4.69, 9.17) is 0 Å². The average molecular weight is 179 g/mol. The molecule has 0 amide bonds. The third-order valence-corrected chi connectivity index (χ3v) is 2.52. The van der Waals surface area contributed by atoms with Crippen LogP contribution in [0.5, 0.6) is 0 Å². The highest BCUT2D eigenvalue weighted by molar-refractivity contribution is 7.12. The van der Waals surface area contributed by atoms with E-state index in [-0.39, 0.29) is 0 Å². The van der Waals surface area contributed by atoms with E-state index in [0.717, 1.165) is 15.9 Å². The lowest BCUT2D eigenvalue weighted by Gasteiger charge is -1.98. The molecule has 2 rings (SSSR count). The van der Waals surface area contributed by atoms with E-state index in [0.29, 0.717) is 5.92 Å². The first-order valence-corrected chi connectivity index (χ1v) is 4.61. The number of fused-ring (bicyclic) bond motifs is 1. The highest BCUT2D eigenvalue weighted by Gasteiger charge is 2.09. The highest BCUT2D eigenvalue weighted by atomic mass is 32.1. The lowest BCUT2D eigenvalue weighted by atomic mass is 10.1. The Morgan fingerprint density at radius 2 is 2.25 bits per heavy atom. The molecular weight excluding hydrogens is 170 g/mol. The molecule has 0 N–H and O–H groups in total. The fourth-order valence-electron chi connectivity index (χ4n) is 1.12. The van der Waals surface area contributed by atoms with Crippen molar-refractivity contribution in [2.75, 3.05) is 0 Å². The van der Waals surface area contributed by atoms with E-state index in [1.165, 1.54) is 11.5 Å². The summed E-state index contributed by atoms with van der Waals surface area (Å²) < 4.78 is 4.33. The van der Waals surface area contributed by atoms with Crippen LogP contribution in [0.1, 0.15) is 25.5 Å². The second-order valence-electron chi connectivity index (χ2n) is 2.96. The summed E-state index contributed by atoms with van der Waals surface area (Å²) in [6.45, 7) is 4.25. The molecule has 0 bridgehead atoms. The van der Waals surface area contributed by atoms with E-state index in [9.17, 15) is 0 Å². The second kappa shape index (κ2) is 2.79. The Morgan fingerprint density at radius 1 is 1.42 bits per heavy atom. The summed E-state index contributed by atoms with van der Waals surface area (Å²) >= 11 is 1.44. The Balaban J connectivity index is 2.70. The molecule has 2 heterocycles. The summed E-state index contributed by atoms with van der Waals surface area (Å²) in [6.07, 6.45) is 3.39. The smallest absolute Gasteiger partial charge is 0.147 e. The standard InChI is InChI=1S/C8H9N3S/c1-5(2)7-6-3-9-4-10-8(6)12-11-7/h3-5H,1-2H3. The van der Waals surface area contributed by atoms with Crippen molar-refractivity contribution < 1.29 is 0 Å². The van der Waals surface area contributed by atoms with Gasteiger partial charge < -0.3 is 0 Å².